The van der Waals surface area contributed by atoms with E-state index in [0.29, 0.717) is 13.2 Å². The van der Waals surface area contributed by atoms with Gasteiger partial charge in [-0.05, 0) is 0 Å². The molecule has 0 aromatic carbocycles. The third kappa shape index (κ3) is 2.64. The molecule has 1 aliphatic rings. The maximum atomic E-state index is 13.9. The van der Waals surface area contributed by atoms with Gasteiger partial charge in [0.1, 0.15) is 6.04 Å². The third-order valence-corrected chi connectivity index (χ3v) is 3.10. The monoisotopic (exact) mass is 286 g/mol. The summed E-state index contributed by atoms with van der Waals surface area (Å²) < 4.78 is 32.6. The standard InChI is InChI=1S/C12H16F2N4O2/c1-15-10-7(13)5-8(14)11(17-10)18-3-4-20-6-9(18)12(19)16-2/h5,9H,3-4,6H2,1-2H3,(H,15,17)(H,16,19). The number of morpholine rings is 1. The Kier molecular flexibility index (Phi) is 4.33. The van der Waals surface area contributed by atoms with Gasteiger partial charge < -0.3 is 20.3 Å². The van der Waals surface area contributed by atoms with E-state index in [-0.39, 0.29) is 24.1 Å². The van der Waals surface area contributed by atoms with Gasteiger partial charge in [-0.2, -0.15) is 0 Å². The minimum Gasteiger partial charge on any atom is -0.377 e. The molecule has 6 nitrogen and oxygen atoms in total. The van der Waals surface area contributed by atoms with Crippen molar-refractivity contribution < 1.29 is 18.3 Å². The number of halogens is 2. The van der Waals surface area contributed by atoms with Gasteiger partial charge >= 0.3 is 0 Å². The highest BCUT2D eigenvalue weighted by atomic mass is 19.1. The fourth-order valence-corrected chi connectivity index (χ4v) is 2.07. The Morgan fingerprint density at radius 2 is 2.20 bits per heavy atom. The smallest absolute Gasteiger partial charge is 0.244 e. The van der Waals surface area contributed by atoms with Gasteiger partial charge in [0.05, 0.1) is 13.2 Å². The zero-order valence-electron chi connectivity index (χ0n) is 11.2. The van der Waals surface area contributed by atoms with Crippen LogP contribution in [0.4, 0.5) is 20.4 Å². The molecule has 1 aromatic heterocycles. The summed E-state index contributed by atoms with van der Waals surface area (Å²) in [6, 6.07) is 0.0655. The zero-order chi connectivity index (χ0) is 14.7. The first-order valence-electron chi connectivity index (χ1n) is 6.18. The summed E-state index contributed by atoms with van der Waals surface area (Å²) in [5.41, 5.74) is 0. The van der Waals surface area contributed by atoms with Crippen LogP contribution in [-0.2, 0) is 9.53 Å². The van der Waals surface area contributed by atoms with E-state index >= 15 is 0 Å². The van der Waals surface area contributed by atoms with Gasteiger partial charge in [-0.15, -0.1) is 0 Å². The number of hydrogen-bond acceptors (Lipinski definition) is 5. The SMILES string of the molecule is CNC(=O)C1COCCN1c1nc(NC)c(F)cc1F. The second-order valence-corrected chi connectivity index (χ2v) is 4.27. The van der Waals surface area contributed by atoms with Crippen molar-refractivity contribution in [3.05, 3.63) is 17.7 Å². The molecule has 0 saturated carbocycles. The number of carbonyl (C=O) groups excluding carboxylic acids is 1. The number of likely N-dealkylation sites (N-methyl/N-ethyl adjacent to an activating group) is 1. The van der Waals surface area contributed by atoms with Gasteiger partial charge in [-0.25, -0.2) is 13.8 Å². The Balaban J connectivity index is 2.39. The Labute approximate surface area is 115 Å². The molecule has 1 amide bonds. The van der Waals surface area contributed by atoms with Crippen LogP contribution in [-0.4, -0.2) is 50.8 Å². The molecule has 8 heteroatoms. The van der Waals surface area contributed by atoms with Crippen molar-refractivity contribution in [2.24, 2.45) is 0 Å². The van der Waals surface area contributed by atoms with E-state index in [1.807, 2.05) is 0 Å². The highest BCUT2D eigenvalue weighted by Gasteiger charge is 2.32. The van der Waals surface area contributed by atoms with Crippen LogP contribution in [0.2, 0.25) is 0 Å². The number of aromatic nitrogens is 1. The van der Waals surface area contributed by atoms with Crippen molar-refractivity contribution in [1.29, 1.82) is 0 Å². The van der Waals surface area contributed by atoms with Gasteiger partial charge in [0.2, 0.25) is 5.91 Å². The minimum atomic E-state index is -0.808. The first kappa shape index (κ1) is 14.4. The van der Waals surface area contributed by atoms with Crippen molar-refractivity contribution in [3.63, 3.8) is 0 Å². The quantitative estimate of drug-likeness (QED) is 0.839. The third-order valence-electron chi connectivity index (χ3n) is 3.10. The fourth-order valence-electron chi connectivity index (χ4n) is 2.07. The van der Waals surface area contributed by atoms with E-state index in [1.165, 1.54) is 19.0 Å². The molecule has 110 valence electrons. The molecule has 0 aliphatic carbocycles. The molecule has 20 heavy (non-hydrogen) atoms. The first-order valence-corrected chi connectivity index (χ1v) is 6.18. The Morgan fingerprint density at radius 1 is 1.45 bits per heavy atom. The van der Waals surface area contributed by atoms with Crippen LogP contribution in [0.25, 0.3) is 0 Å². The number of carbonyl (C=O) groups is 1. The summed E-state index contributed by atoms with van der Waals surface area (Å²) in [6.45, 7) is 0.782. The van der Waals surface area contributed by atoms with Crippen LogP contribution in [0.15, 0.2) is 6.07 Å². The van der Waals surface area contributed by atoms with Crippen LogP contribution < -0.4 is 15.5 Å². The van der Waals surface area contributed by atoms with E-state index in [9.17, 15) is 13.6 Å². The Morgan fingerprint density at radius 3 is 2.85 bits per heavy atom. The molecule has 1 aliphatic heterocycles. The average molecular weight is 286 g/mol. The fraction of sp³-hybridized carbons (Fsp3) is 0.500. The lowest BCUT2D eigenvalue weighted by molar-refractivity contribution is -0.124. The van der Waals surface area contributed by atoms with Gasteiger partial charge in [0.15, 0.2) is 23.3 Å². The molecule has 2 heterocycles. The number of anilines is 2. The second-order valence-electron chi connectivity index (χ2n) is 4.27. The molecule has 1 saturated heterocycles. The Bertz CT molecular complexity index is 512. The maximum absolute atomic E-state index is 13.9. The number of hydrogen-bond donors (Lipinski definition) is 2. The van der Waals surface area contributed by atoms with Crippen LogP contribution in [0.5, 0.6) is 0 Å². The summed E-state index contributed by atoms with van der Waals surface area (Å²) in [5.74, 6) is -2.02. The normalized spacial score (nSPS) is 18.8. The van der Waals surface area contributed by atoms with Crippen molar-refractivity contribution in [2.45, 2.75) is 6.04 Å². The second kappa shape index (κ2) is 6.00. The molecular weight excluding hydrogens is 270 g/mol. The lowest BCUT2D eigenvalue weighted by Crippen LogP contribution is -2.54. The number of rotatable bonds is 3. The van der Waals surface area contributed by atoms with E-state index < -0.39 is 17.7 Å². The van der Waals surface area contributed by atoms with E-state index in [0.717, 1.165) is 6.07 Å². The summed E-state index contributed by atoms with van der Waals surface area (Å²) >= 11 is 0. The van der Waals surface area contributed by atoms with Crippen LogP contribution >= 0.6 is 0 Å². The molecular formula is C12H16F2N4O2. The molecule has 1 aromatic rings. The number of pyridine rings is 1. The molecule has 0 radical (unpaired) electrons. The predicted octanol–water partition coefficient (Wildman–Crippen LogP) is 0.353. The number of ether oxygens (including phenoxy) is 1. The highest BCUT2D eigenvalue weighted by Crippen LogP contribution is 2.25. The summed E-state index contributed by atoms with van der Waals surface area (Å²) in [4.78, 5) is 17.2. The topological polar surface area (TPSA) is 66.5 Å². The van der Waals surface area contributed by atoms with Gasteiger partial charge in [-0.1, -0.05) is 0 Å². The van der Waals surface area contributed by atoms with Crippen LogP contribution in [0.3, 0.4) is 0 Å². The Hall–Kier alpha value is -1.96. The van der Waals surface area contributed by atoms with Gasteiger partial charge in [0.25, 0.3) is 0 Å². The van der Waals surface area contributed by atoms with Crippen LogP contribution in [0.1, 0.15) is 0 Å². The molecule has 1 atom stereocenters. The van der Waals surface area contributed by atoms with Crippen molar-refractivity contribution in [1.82, 2.24) is 10.3 Å². The molecule has 1 unspecified atom stereocenters. The molecule has 0 spiro atoms. The number of nitrogens with zero attached hydrogens (tertiary/aromatic N) is 2. The summed E-state index contributed by atoms with van der Waals surface area (Å²) in [7, 11) is 2.98. The van der Waals surface area contributed by atoms with E-state index in [2.05, 4.69) is 15.6 Å². The predicted molar refractivity (Wildman–Crippen MR) is 69.7 cm³/mol. The minimum absolute atomic E-state index is 0.0624. The van der Waals surface area contributed by atoms with Gasteiger partial charge in [-0.3, -0.25) is 4.79 Å². The molecule has 2 rings (SSSR count). The maximum Gasteiger partial charge on any atom is 0.244 e. The highest BCUT2D eigenvalue weighted by molar-refractivity contribution is 5.85. The molecule has 2 N–H and O–H groups in total. The van der Waals surface area contributed by atoms with Crippen LogP contribution in [0, 0.1) is 11.6 Å². The first-order chi connectivity index (χ1) is 9.58. The lowest BCUT2D eigenvalue weighted by atomic mass is 10.2. The molecule has 1 fully saturated rings. The van der Waals surface area contributed by atoms with E-state index in [4.69, 9.17) is 4.74 Å². The number of nitrogens with one attached hydrogen (secondary N) is 2. The van der Waals surface area contributed by atoms with Crippen molar-refractivity contribution in [2.75, 3.05) is 44.1 Å². The van der Waals surface area contributed by atoms with Crippen molar-refractivity contribution in [3.8, 4) is 0 Å². The number of amides is 1. The summed E-state index contributed by atoms with van der Waals surface area (Å²) in [5, 5.41) is 5.04. The summed E-state index contributed by atoms with van der Waals surface area (Å²) in [6.07, 6.45) is 0. The average Bonchev–Trinajstić information content (AvgIpc) is 2.47. The molecule has 0 bridgehead atoms. The lowest BCUT2D eigenvalue weighted by Gasteiger charge is -2.35. The van der Waals surface area contributed by atoms with E-state index in [1.54, 1.807) is 0 Å². The van der Waals surface area contributed by atoms with Gasteiger partial charge in [0, 0.05) is 26.7 Å². The van der Waals surface area contributed by atoms with Crippen molar-refractivity contribution >= 4 is 17.5 Å². The zero-order valence-corrected chi connectivity index (χ0v) is 11.2. The largest absolute Gasteiger partial charge is 0.377 e.